The fourth-order valence-corrected chi connectivity index (χ4v) is 3.27. The van der Waals surface area contributed by atoms with Gasteiger partial charge in [0.05, 0.1) is 0 Å². The molecule has 0 radical (unpaired) electrons. The average molecular weight is 303 g/mol. The van der Waals surface area contributed by atoms with Gasteiger partial charge in [-0.05, 0) is 52.2 Å². The van der Waals surface area contributed by atoms with Crippen LogP contribution < -0.4 is 0 Å². The zero-order valence-corrected chi connectivity index (χ0v) is 13.1. The molecule has 0 atom stereocenters. The molecule has 4 aromatic rings. The van der Waals surface area contributed by atoms with Gasteiger partial charge in [-0.2, -0.15) is 0 Å². The second kappa shape index (κ2) is 5.15. The Labute approximate surface area is 135 Å². The molecule has 0 saturated heterocycles. The summed E-state index contributed by atoms with van der Waals surface area (Å²) in [7, 11) is 0. The highest BCUT2D eigenvalue weighted by Crippen LogP contribution is 2.37. The van der Waals surface area contributed by atoms with Gasteiger partial charge in [0.1, 0.15) is 0 Å². The number of hydrogen-bond donors (Lipinski definition) is 0. The summed E-state index contributed by atoms with van der Waals surface area (Å²) in [6, 6.07) is 25.6. The molecule has 4 aromatic carbocycles. The summed E-state index contributed by atoms with van der Waals surface area (Å²) >= 11 is 6.53. The highest BCUT2D eigenvalue weighted by Gasteiger charge is 2.09. The molecule has 0 spiro atoms. The van der Waals surface area contributed by atoms with Crippen LogP contribution in [0.4, 0.5) is 0 Å². The minimum Gasteiger partial charge on any atom is -0.0836 e. The van der Waals surface area contributed by atoms with Crippen LogP contribution in [-0.2, 0) is 0 Å². The summed E-state index contributed by atoms with van der Waals surface area (Å²) in [5.41, 5.74) is 3.53. The molecule has 106 valence electrons. The largest absolute Gasteiger partial charge is 0.0836 e. The molecule has 0 aromatic heterocycles. The van der Waals surface area contributed by atoms with Crippen molar-refractivity contribution in [2.75, 3.05) is 0 Å². The molecule has 1 heteroatoms. The topological polar surface area (TPSA) is 0 Å². The lowest BCUT2D eigenvalue weighted by atomic mass is 9.95. The van der Waals surface area contributed by atoms with Crippen molar-refractivity contribution in [3.63, 3.8) is 0 Å². The Balaban J connectivity index is 2.09. The number of benzene rings is 4. The van der Waals surface area contributed by atoms with Gasteiger partial charge in [-0.1, -0.05) is 71.8 Å². The first-order chi connectivity index (χ1) is 10.7. The molecule has 4 rings (SSSR count). The molecular formula is C21H15Cl. The molecule has 0 aliphatic heterocycles. The van der Waals surface area contributed by atoms with E-state index in [1.807, 2.05) is 6.07 Å². The SMILES string of the molecule is Cc1ccc(-c2c(Cl)ccc3cc4ccccc4cc23)cc1. The molecular weight excluding hydrogens is 288 g/mol. The van der Waals surface area contributed by atoms with E-state index in [1.165, 1.54) is 27.1 Å². The fraction of sp³-hybridized carbons (Fsp3) is 0.0476. The van der Waals surface area contributed by atoms with Crippen molar-refractivity contribution >= 4 is 33.1 Å². The molecule has 0 heterocycles. The highest BCUT2D eigenvalue weighted by atomic mass is 35.5. The third-order valence-electron chi connectivity index (χ3n) is 4.18. The molecule has 0 unspecified atom stereocenters. The lowest BCUT2D eigenvalue weighted by Gasteiger charge is -2.11. The minimum atomic E-state index is 0.798. The van der Waals surface area contributed by atoms with Crippen molar-refractivity contribution < 1.29 is 0 Å². The molecule has 0 bridgehead atoms. The predicted molar refractivity (Wildman–Crippen MR) is 96.6 cm³/mol. The maximum Gasteiger partial charge on any atom is 0.0490 e. The summed E-state index contributed by atoms with van der Waals surface area (Å²) in [5.74, 6) is 0. The monoisotopic (exact) mass is 302 g/mol. The van der Waals surface area contributed by atoms with Crippen molar-refractivity contribution in [1.29, 1.82) is 0 Å². The number of halogens is 1. The Bertz CT molecular complexity index is 982. The van der Waals surface area contributed by atoms with Gasteiger partial charge in [0.25, 0.3) is 0 Å². The quantitative estimate of drug-likeness (QED) is 0.346. The Morgan fingerprint density at radius 3 is 2.09 bits per heavy atom. The van der Waals surface area contributed by atoms with Crippen LogP contribution in [0.3, 0.4) is 0 Å². The van der Waals surface area contributed by atoms with E-state index in [0.29, 0.717) is 0 Å². The summed E-state index contributed by atoms with van der Waals surface area (Å²) in [4.78, 5) is 0. The van der Waals surface area contributed by atoms with Gasteiger partial charge in [-0.15, -0.1) is 0 Å². The third kappa shape index (κ3) is 2.17. The molecule has 0 aliphatic carbocycles. The molecule has 22 heavy (non-hydrogen) atoms. The highest BCUT2D eigenvalue weighted by molar-refractivity contribution is 6.35. The van der Waals surface area contributed by atoms with E-state index in [9.17, 15) is 0 Å². The first-order valence-electron chi connectivity index (χ1n) is 7.40. The lowest BCUT2D eigenvalue weighted by molar-refractivity contribution is 1.47. The minimum absolute atomic E-state index is 0.798. The zero-order chi connectivity index (χ0) is 15.1. The maximum absolute atomic E-state index is 6.53. The number of hydrogen-bond acceptors (Lipinski definition) is 0. The van der Waals surface area contributed by atoms with Crippen molar-refractivity contribution in [3.8, 4) is 11.1 Å². The molecule has 0 N–H and O–H groups in total. The van der Waals surface area contributed by atoms with Crippen LogP contribution in [0.25, 0.3) is 32.7 Å². The smallest absolute Gasteiger partial charge is 0.0490 e. The van der Waals surface area contributed by atoms with Crippen molar-refractivity contribution in [1.82, 2.24) is 0 Å². The van der Waals surface area contributed by atoms with Gasteiger partial charge in [0.15, 0.2) is 0 Å². The number of rotatable bonds is 1. The molecule has 0 saturated carbocycles. The molecule has 0 nitrogen and oxygen atoms in total. The maximum atomic E-state index is 6.53. The van der Waals surface area contributed by atoms with Crippen LogP contribution >= 0.6 is 11.6 Å². The van der Waals surface area contributed by atoms with Gasteiger partial charge in [-0.3, -0.25) is 0 Å². The van der Waals surface area contributed by atoms with Crippen LogP contribution in [0.15, 0.2) is 72.8 Å². The van der Waals surface area contributed by atoms with Crippen molar-refractivity contribution in [2.45, 2.75) is 6.92 Å². The summed E-state index contributed by atoms with van der Waals surface area (Å²) < 4.78 is 0. The number of aryl methyl sites for hydroxylation is 1. The van der Waals surface area contributed by atoms with Crippen molar-refractivity contribution in [2.24, 2.45) is 0 Å². The van der Waals surface area contributed by atoms with Crippen molar-refractivity contribution in [3.05, 3.63) is 83.4 Å². The fourth-order valence-electron chi connectivity index (χ4n) is 3.00. The Kier molecular flexibility index (Phi) is 3.13. The summed E-state index contributed by atoms with van der Waals surface area (Å²) in [6.07, 6.45) is 0. The first-order valence-corrected chi connectivity index (χ1v) is 7.78. The standard InChI is InChI=1S/C21H15Cl/c1-14-6-8-15(9-7-14)21-19-13-17-5-3-2-4-16(17)12-18(19)10-11-20(21)22/h2-13H,1H3. The molecule has 0 fully saturated rings. The average Bonchev–Trinajstić information content (AvgIpc) is 2.54. The van der Waals surface area contributed by atoms with Crippen LogP contribution in [-0.4, -0.2) is 0 Å². The van der Waals surface area contributed by atoms with E-state index in [1.54, 1.807) is 0 Å². The number of fused-ring (bicyclic) bond motifs is 2. The first kappa shape index (κ1) is 13.4. The van der Waals surface area contributed by atoms with E-state index in [-0.39, 0.29) is 0 Å². The summed E-state index contributed by atoms with van der Waals surface area (Å²) in [5, 5.41) is 5.72. The van der Waals surface area contributed by atoms with Gasteiger partial charge < -0.3 is 0 Å². The van der Waals surface area contributed by atoms with Gasteiger partial charge in [0, 0.05) is 10.6 Å². The lowest BCUT2D eigenvalue weighted by Crippen LogP contribution is -1.85. The van der Waals surface area contributed by atoms with E-state index in [2.05, 4.69) is 73.7 Å². The van der Waals surface area contributed by atoms with E-state index < -0.39 is 0 Å². The van der Waals surface area contributed by atoms with Crippen LogP contribution in [0.5, 0.6) is 0 Å². The Morgan fingerprint density at radius 2 is 1.36 bits per heavy atom. The molecule has 0 amide bonds. The zero-order valence-electron chi connectivity index (χ0n) is 12.3. The van der Waals surface area contributed by atoms with E-state index in [0.717, 1.165) is 16.1 Å². The third-order valence-corrected chi connectivity index (χ3v) is 4.49. The van der Waals surface area contributed by atoms with Crippen LogP contribution in [0.1, 0.15) is 5.56 Å². The predicted octanol–water partition coefficient (Wildman–Crippen LogP) is 6.62. The Hall–Kier alpha value is -2.31. The van der Waals surface area contributed by atoms with Crippen LogP contribution in [0.2, 0.25) is 5.02 Å². The van der Waals surface area contributed by atoms with E-state index >= 15 is 0 Å². The Morgan fingerprint density at radius 1 is 0.682 bits per heavy atom. The normalized spacial score (nSPS) is 11.2. The van der Waals surface area contributed by atoms with E-state index in [4.69, 9.17) is 11.6 Å². The molecule has 0 aliphatic rings. The van der Waals surface area contributed by atoms with Gasteiger partial charge in [0.2, 0.25) is 0 Å². The summed E-state index contributed by atoms with van der Waals surface area (Å²) in [6.45, 7) is 2.10. The van der Waals surface area contributed by atoms with Gasteiger partial charge >= 0.3 is 0 Å². The second-order valence-electron chi connectivity index (χ2n) is 5.71. The second-order valence-corrected chi connectivity index (χ2v) is 6.12. The van der Waals surface area contributed by atoms with Crippen LogP contribution in [0, 0.1) is 6.92 Å². The van der Waals surface area contributed by atoms with Gasteiger partial charge in [-0.25, -0.2) is 0 Å².